The molecule has 0 bridgehead atoms. The molecule has 1 heterocycles. The summed E-state index contributed by atoms with van der Waals surface area (Å²) in [5.74, 6) is 0. The molecule has 126 valence electrons. The second-order valence-electron chi connectivity index (χ2n) is 7.31. The Bertz CT molecular complexity index is 558. The van der Waals surface area contributed by atoms with Crippen LogP contribution in [0.4, 0.5) is 4.79 Å². The topological polar surface area (TPSA) is 38.8 Å². The van der Waals surface area contributed by atoms with Gasteiger partial charge in [-0.1, -0.05) is 42.5 Å². The van der Waals surface area contributed by atoms with Crippen LogP contribution in [0.15, 0.2) is 36.4 Å². The second-order valence-corrected chi connectivity index (χ2v) is 7.31. The molecule has 0 N–H and O–H groups in total. The molecule has 1 unspecified atom stereocenters. The summed E-state index contributed by atoms with van der Waals surface area (Å²) >= 11 is 0. The van der Waals surface area contributed by atoms with Gasteiger partial charge in [0.15, 0.2) is 0 Å². The third kappa shape index (κ3) is 4.83. The Morgan fingerprint density at radius 1 is 1.35 bits per heavy atom. The Morgan fingerprint density at radius 3 is 2.61 bits per heavy atom. The summed E-state index contributed by atoms with van der Waals surface area (Å²) in [5.41, 5.74) is -0.0113. The Kier molecular flexibility index (Phi) is 5.15. The van der Waals surface area contributed by atoms with Gasteiger partial charge in [-0.2, -0.15) is 0 Å². The van der Waals surface area contributed by atoms with Crippen LogP contribution in [0.3, 0.4) is 0 Å². The number of amides is 1. The van der Waals surface area contributed by atoms with E-state index in [9.17, 15) is 4.79 Å². The Hall–Kier alpha value is -1.81. The molecule has 0 aromatic heterocycles. The molecule has 1 aliphatic rings. The predicted octanol–water partition coefficient (Wildman–Crippen LogP) is 4.46. The van der Waals surface area contributed by atoms with Crippen molar-refractivity contribution in [3.05, 3.63) is 42.0 Å². The fourth-order valence-corrected chi connectivity index (χ4v) is 2.66. The van der Waals surface area contributed by atoms with E-state index in [1.807, 2.05) is 52.8 Å². The molecule has 0 radical (unpaired) electrons. The van der Waals surface area contributed by atoms with Gasteiger partial charge in [-0.25, -0.2) is 4.79 Å². The van der Waals surface area contributed by atoms with Gasteiger partial charge >= 0.3 is 6.09 Å². The Balaban J connectivity index is 2.05. The third-order valence-electron chi connectivity index (χ3n) is 3.68. The summed E-state index contributed by atoms with van der Waals surface area (Å²) in [6, 6.07) is 10.1. The van der Waals surface area contributed by atoms with Crippen molar-refractivity contribution in [3.8, 4) is 0 Å². The number of benzene rings is 1. The summed E-state index contributed by atoms with van der Waals surface area (Å²) < 4.78 is 11.3. The van der Waals surface area contributed by atoms with Gasteiger partial charge in [-0.15, -0.1) is 0 Å². The van der Waals surface area contributed by atoms with E-state index in [-0.39, 0.29) is 12.1 Å². The predicted molar refractivity (Wildman–Crippen MR) is 92.0 cm³/mol. The molecular formula is C19H27NO3. The average molecular weight is 317 g/mol. The van der Waals surface area contributed by atoms with Crippen LogP contribution in [0, 0.1) is 0 Å². The van der Waals surface area contributed by atoms with Crippen molar-refractivity contribution in [3.63, 3.8) is 0 Å². The highest BCUT2D eigenvalue weighted by Gasteiger charge is 2.45. The van der Waals surface area contributed by atoms with Gasteiger partial charge < -0.3 is 9.47 Å². The standard InChI is InChI=1S/C19H27NO3/c1-18(2,3)23-17(21)20-16(14-22-19(20,4)5)13-9-12-15-10-7-6-8-11-15/h6-12,16H,13-14H2,1-5H3/b12-9+. The number of rotatable bonds is 3. The highest BCUT2D eigenvalue weighted by molar-refractivity contribution is 5.69. The average Bonchev–Trinajstić information content (AvgIpc) is 2.73. The summed E-state index contributed by atoms with van der Waals surface area (Å²) in [6.07, 6.45) is 4.57. The van der Waals surface area contributed by atoms with Crippen molar-refractivity contribution in [2.45, 2.75) is 58.4 Å². The lowest BCUT2D eigenvalue weighted by molar-refractivity contribution is -0.0623. The van der Waals surface area contributed by atoms with Crippen molar-refractivity contribution in [1.29, 1.82) is 0 Å². The number of hydrogen-bond donors (Lipinski definition) is 0. The summed E-state index contributed by atoms with van der Waals surface area (Å²) in [7, 11) is 0. The third-order valence-corrected chi connectivity index (χ3v) is 3.68. The van der Waals surface area contributed by atoms with Crippen LogP contribution in [-0.2, 0) is 9.47 Å². The van der Waals surface area contributed by atoms with Crippen molar-refractivity contribution in [2.24, 2.45) is 0 Å². The monoisotopic (exact) mass is 317 g/mol. The van der Waals surface area contributed by atoms with Gasteiger partial charge in [0, 0.05) is 0 Å². The maximum atomic E-state index is 12.5. The number of carbonyl (C=O) groups is 1. The lowest BCUT2D eigenvalue weighted by Gasteiger charge is -2.34. The molecule has 2 rings (SSSR count). The van der Waals surface area contributed by atoms with E-state index < -0.39 is 11.3 Å². The minimum absolute atomic E-state index is 0.0141. The van der Waals surface area contributed by atoms with E-state index in [1.54, 1.807) is 4.90 Å². The second kappa shape index (κ2) is 6.75. The lowest BCUT2D eigenvalue weighted by Crippen LogP contribution is -2.49. The molecule has 1 atom stereocenters. The van der Waals surface area contributed by atoms with Crippen molar-refractivity contribution >= 4 is 12.2 Å². The highest BCUT2D eigenvalue weighted by atomic mass is 16.6. The number of nitrogens with zero attached hydrogens (tertiary/aromatic N) is 1. The van der Waals surface area contributed by atoms with Gasteiger partial charge in [0.1, 0.15) is 11.3 Å². The lowest BCUT2D eigenvalue weighted by atomic mass is 10.1. The number of carbonyl (C=O) groups excluding carboxylic acids is 1. The summed E-state index contributed by atoms with van der Waals surface area (Å²) in [6.45, 7) is 9.94. The maximum Gasteiger partial charge on any atom is 0.412 e. The van der Waals surface area contributed by atoms with Gasteiger partial charge in [0.2, 0.25) is 0 Å². The molecule has 23 heavy (non-hydrogen) atoms. The van der Waals surface area contributed by atoms with Crippen LogP contribution in [0.1, 0.15) is 46.6 Å². The molecule has 1 saturated heterocycles. The molecule has 0 aliphatic carbocycles. The van der Waals surface area contributed by atoms with Gasteiger partial charge in [-0.3, -0.25) is 4.90 Å². The minimum Gasteiger partial charge on any atom is -0.444 e. The molecule has 0 saturated carbocycles. The van der Waals surface area contributed by atoms with Crippen LogP contribution < -0.4 is 0 Å². The van der Waals surface area contributed by atoms with E-state index in [2.05, 4.69) is 24.3 Å². The zero-order valence-corrected chi connectivity index (χ0v) is 14.7. The summed E-state index contributed by atoms with van der Waals surface area (Å²) in [4.78, 5) is 14.2. The van der Waals surface area contributed by atoms with Crippen LogP contribution in [0.2, 0.25) is 0 Å². The number of hydrogen-bond acceptors (Lipinski definition) is 3. The smallest absolute Gasteiger partial charge is 0.412 e. The van der Waals surface area contributed by atoms with Crippen molar-refractivity contribution in [1.82, 2.24) is 4.90 Å². The SMILES string of the molecule is CC(C)(C)OC(=O)N1C(C/C=C/c2ccccc2)COC1(C)C. The van der Waals surface area contributed by atoms with E-state index in [0.717, 1.165) is 12.0 Å². The molecule has 4 nitrogen and oxygen atoms in total. The molecular weight excluding hydrogens is 290 g/mol. The van der Waals surface area contributed by atoms with Crippen LogP contribution in [0.25, 0.3) is 6.08 Å². The Morgan fingerprint density at radius 2 is 2.00 bits per heavy atom. The van der Waals surface area contributed by atoms with E-state index in [4.69, 9.17) is 9.47 Å². The first-order valence-electron chi connectivity index (χ1n) is 8.07. The first kappa shape index (κ1) is 17.5. The van der Waals surface area contributed by atoms with Crippen LogP contribution in [-0.4, -0.2) is 35.0 Å². The maximum absolute atomic E-state index is 12.5. The molecule has 1 aliphatic heterocycles. The zero-order valence-electron chi connectivity index (χ0n) is 14.7. The fourth-order valence-electron chi connectivity index (χ4n) is 2.66. The minimum atomic E-state index is -0.645. The van der Waals surface area contributed by atoms with Crippen molar-refractivity contribution in [2.75, 3.05) is 6.61 Å². The fraction of sp³-hybridized carbons (Fsp3) is 0.526. The van der Waals surface area contributed by atoms with E-state index in [0.29, 0.717) is 6.61 Å². The number of ether oxygens (including phenoxy) is 2. The quantitative estimate of drug-likeness (QED) is 0.826. The zero-order chi connectivity index (χ0) is 17.1. The van der Waals surface area contributed by atoms with Gasteiger partial charge in [0.25, 0.3) is 0 Å². The molecule has 1 amide bonds. The summed E-state index contributed by atoms with van der Waals surface area (Å²) in [5, 5.41) is 0. The van der Waals surface area contributed by atoms with Crippen molar-refractivity contribution < 1.29 is 14.3 Å². The first-order valence-corrected chi connectivity index (χ1v) is 8.07. The molecule has 4 heteroatoms. The molecule has 0 spiro atoms. The largest absolute Gasteiger partial charge is 0.444 e. The first-order chi connectivity index (χ1) is 10.7. The highest BCUT2D eigenvalue weighted by Crippen LogP contribution is 2.31. The van der Waals surface area contributed by atoms with Crippen LogP contribution >= 0.6 is 0 Å². The van der Waals surface area contributed by atoms with Crippen LogP contribution in [0.5, 0.6) is 0 Å². The van der Waals surface area contributed by atoms with E-state index in [1.165, 1.54) is 0 Å². The van der Waals surface area contributed by atoms with Gasteiger partial charge in [-0.05, 0) is 46.6 Å². The van der Waals surface area contributed by atoms with E-state index >= 15 is 0 Å². The Labute approximate surface area is 139 Å². The molecule has 1 aromatic carbocycles. The molecule has 1 aromatic rings. The molecule has 1 fully saturated rings. The normalized spacial score (nSPS) is 20.9. The van der Waals surface area contributed by atoms with Gasteiger partial charge in [0.05, 0.1) is 12.6 Å².